The second kappa shape index (κ2) is 5.45. The molecule has 0 aliphatic heterocycles. The lowest BCUT2D eigenvalue weighted by molar-refractivity contribution is 0.197. The minimum absolute atomic E-state index is 0.0105. The molecule has 0 aromatic carbocycles. The normalized spacial score (nSPS) is 16.9. The molecule has 1 unspecified atom stereocenters. The summed E-state index contributed by atoms with van der Waals surface area (Å²) in [5.74, 6) is -0.213. The van der Waals surface area contributed by atoms with E-state index in [9.17, 15) is 4.39 Å². The summed E-state index contributed by atoms with van der Waals surface area (Å²) in [5.41, 5.74) is 0.630. The number of ether oxygens (including phenoxy) is 1. The third kappa shape index (κ3) is 3.40. The van der Waals surface area contributed by atoms with E-state index < -0.39 is 0 Å². The van der Waals surface area contributed by atoms with Gasteiger partial charge in [0, 0.05) is 24.3 Å². The van der Waals surface area contributed by atoms with Crippen LogP contribution in [-0.2, 0) is 6.54 Å². The Hall–Kier alpha value is -1.16. The van der Waals surface area contributed by atoms with Crippen molar-refractivity contribution in [2.45, 2.75) is 51.8 Å². The molecule has 1 aliphatic carbocycles. The van der Waals surface area contributed by atoms with E-state index in [4.69, 9.17) is 4.74 Å². The number of aromatic nitrogens is 1. The van der Waals surface area contributed by atoms with E-state index in [2.05, 4.69) is 10.3 Å². The van der Waals surface area contributed by atoms with Crippen LogP contribution in [0.5, 0.6) is 5.88 Å². The van der Waals surface area contributed by atoms with Crippen LogP contribution in [-0.4, -0.2) is 17.1 Å². The average Bonchev–Trinajstić information content (AvgIpc) is 3.14. The van der Waals surface area contributed by atoms with Gasteiger partial charge in [0.15, 0.2) is 5.82 Å². The largest absolute Gasteiger partial charge is 0.473 e. The van der Waals surface area contributed by atoms with Gasteiger partial charge >= 0.3 is 0 Å². The molecule has 94 valence electrons. The van der Waals surface area contributed by atoms with Crippen LogP contribution in [0.1, 0.15) is 38.7 Å². The summed E-state index contributed by atoms with van der Waals surface area (Å²) in [4.78, 5) is 3.94. The Balaban J connectivity index is 2.02. The second-order valence-electron chi connectivity index (χ2n) is 4.58. The minimum Gasteiger partial charge on any atom is -0.473 e. The maximum Gasteiger partial charge on any atom is 0.250 e. The van der Waals surface area contributed by atoms with Gasteiger partial charge in [0.05, 0.1) is 6.10 Å². The first-order chi connectivity index (χ1) is 8.20. The van der Waals surface area contributed by atoms with Crippen LogP contribution in [0.3, 0.4) is 0 Å². The quantitative estimate of drug-likeness (QED) is 0.827. The fraction of sp³-hybridized carbons (Fsp3) is 0.615. The summed E-state index contributed by atoms with van der Waals surface area (Å²) < 4.78 is 19.5. The number of hydrogen-bond donors (Lipinski definition) is 1. The van der Waals surface area contributed by atoms with E-state index in [-0.39, 0.29) is 17.8 Å². The number of halogens is 1. The number of nitrogens with zero attached hydrogens (tertiary/aromatic N) is 1. The van der Waals surface area contributed by atoms with Crippen LogP contribution in [0.4, 0.5) is 4.39 Å². The number of rotatable bonds is 6. The van der Waals surface area contributed by atoms with Crippen LogP contribution >= 0.6 is 0 Å². The highest BCUT2D eigenvalue weighted by atomic mass is 19.1. The van der Waals surface area contributed by atoms with Crippen molar-refractivity contribution in [2.24, 2.45) is 0 Å². The van der Waals surface area contributed by atoms with E-state index in [1.807, 2.05) is 13.8 Å². The molecule has 1 atom stereocenters. The Bertz CT molecular complexity index is 380. The molecule has 1 aromatic heterocycles. The summed E-state index contributed by atoms with van der Waals surface area (Å²) in [6.45, 7) is 4.47. The predicted molar refractivity (Wildman–Crippen MR) is 64.4 cm³/mol. The van der Waals surface area contributed by atoms with Gasteiger partial charge in [-0.2, -0.15) is 0 Å². The predicted octanol–water partition coefficient (Wildman–Crippen LogP) is 2.65. The van der Waals surface area contributed by atoms with Crippen molar-refractivity contribution >= 4 is 0 Å². The molecule has 1 aliphatic rings. The number of nitrogens with one attached hydrogen (secondary N) is 1. The Morgan fingerprint density at radius 2 is 2.35 bits per heavy atom. The molecule has 1 N–H and O–H groups in total. The molecular formula is C13H19FN2O. The monoisotopic (exact) mass is 238 g/mol. The van der Waals surface area contributed by atoms with Crippen molar-refractivity contribution in [1.29, 1.82) is 0 Å². The van der Waals surface area contributed by atoms with Crippen LogP contribution in [0, 0.1) is 5.82 Å². The highest BCUT2D eigenvalue weighted by molar-refractivity contribution is 5.23. The Labute approximate surface area is 101 Å². The first kappa shape index (κ1) is 12.3. The van der Waals surface area contributed by atoms with Crippen LogP contribution < -0.4 is 10.1 Å². The molecule has 3 nitrogen and oxygen atoms in total. The third-order valence-corrected chi connectivity index (χ3v) is 2.98. The van der Waals surface area contributed by atoms with Crippen molar-refractivity contribution in [3.05, 3.63) is 23.6 Å². The first-order valence-electron chi connectivity index (χ1n) is 6.24. The van der Waals surface area contributed by atoms with Crippen LogP contribution in [0.25, 0.3) is 0 Å². The summed E-state index contributed by atoms with van der Waals surface area (Å²) in [6.07, 6.45) is 4.83. The molecule has 0 spiro atoms. The van der Waals surface area contributed by atoms with E-state index in [1.165, 1.54) is 12.8 Å². The zero-order valence-electron chi connectivity index (χ0n) is 10.4. The molecule has 4 heteroatoms. The molecule has 1 heterocycles. The Morgan fingerprint density at radius 3 is 3.00 bits per heavy atom. The highest BCUT2D eigenvalue weighted by Gasteiger charge is 2.21. The van der Waals surface area contributed by atoms with Gasteiger partial charge in [0.2, 0.25) is 0 Å². The molecule has 1 aromatic rings. The molecule has 0 amide bonds. The van der Waals surface area contributed by atoms with Crippen LogP contribution in [0.15, 0.2) is 12.3 Å². The first-order valence-corrected chi connectivity index (χ1v) is 6.24. The zero-order chi connectivity index (χ0) is 12.3. The molecule has 0 saturated heterocycles. The van der Waals surface area contributed by atoms with E-state index in [0.29, 0.717) is 18.2 Å². The van der Waals surface area contributed by atoms with Gasteiger partial charge in [-0.15, -0.1) is 0 Å². The SMILES string of the molecule is CCC(C)Oc1nccc(CNC2CC2)c1F. The van der Waals surface area contributed by atoms with Gasteiger partial charge < -0.3 is 10.1 Å². The summed E-state index contributed by atoms with van der Waals surface area (Å²) in [5, 5.41) is 3.28. The van der Waals surface area contributed by atoms with E-state index >= 15 is 0 Å². The second-order valence-corrected chi connectivity index (χ2v) is 4.58. The lowest BCUT2D eigenvalue weighted by atomic mass is 10.2. The lowest BCUT2D eigenvalue weighted by Gasteiger charge is -2.13. The molecule has 0 radical (unpaired) electrons. The fourth-order valence-corrected chi connectivity index (χ4v) is 1.50. The summed E-state index contributed by atoms with van der Waals surface area (Å²) >= 11 is 0. The summed E-state index contributed by atoms with van der Waals surface area (Å²) in [7, 11) is 0. The lowest BCUT2D eigenvalue weighted by Crippen LogP contribution is -2.18. The zero-order valence-corrected chi connectivity index (χ0v) is 10.4. The van der Waals surface area contributed by atoms with Crippen LogP contribution in [0.2, 0.25) is 0 Å². The average molecular weight is 238 g/mol. The maximum absolute atomic E-state index is 14.0. The molecule has 1 saturated carbocycles. The smallest absolute Gasteiger partial charge is 0.250 e. The van der Waals surface area contributed by atoms with Gasteiger partial charge in [0.1, 0.15) is 0 Å². The maximum atomic E-state index is 14.0. The molecule has 17 heavy (non-hydrogen) atoms. The summed E-state index contributed by atoms with van der Waals surface area (Å²) in [6, 6.07) is 2.27. The Kier molecular flexibility index (Phi) is 3.94. The van der Waals surface area contributed by atoms with Crippen molar-refractivity contribution in [1.82, 2.24) is 10.3 Å². The highest BCUT2D eigenvalue weighted by Crippen LogP contribution is 2.22. The van der Waals surface area contributed by atoms with Crippen molar-refractivity contribution in [3.63, 3.8) is 0 Å². The molecule has 2 rings (SSSR count). The third-order valence-electron chi connectivity index (χ3n) is 2.98. The number of hydrogen-bond acceptors (Lipinski definition) is 3. The van der Waals surface area contributed by atoms with Gasteiger partial charge in [-0.3, -0.25) is 0 Å². The van der Waals surface area contributed by atoms with Crippen molar-refractivity contribution < 1.29 is 9.13 Å². The minimum atomic E-state index is -0.332. The Morgan fingerprint density at radius 1 is 1.59 bits per heavy atom. The number of pyridine rings is 1. The molecule has 0 bridgehead atoms. The van der Waals surface area contributed by atoms with Gasteiger partial charge in [-0.05, 0) is 32.3 Å². The van der Waals surface area contributed by atoms with Crippen molar-refractivity contribution in [2.75, 3.05) is 0 Å². The van der Waals surface area contributed by atoms with Gasteiger partial charge in [-0.1, -0.05) is 6.92 Å². The van der Waals surface area contributed by atoms with E-state index in [1.54, 1.807) is 12.3 Å². The topological polar surface area (TPSA) is 34.1 Å². The standard InChI is InChI=1S/C13H19FN2O/c1-3-9(2)17-13-12(14)10(6-7-15-13)8-16-11-4-5-11/h6-7,9,11,16H,3-5,8H2,1-2H3. The van der Waals surface area contributed by atoms with Crippen molar-refractivity contribution in [3.8, 4) is 5.88 Å². The van der Waals surface area contributed by atoms with Gasteiger partial charge in [-0.25, -0.2) is 9.37 Å². The fourth-order valence-electron chi connectivity index (χ4n) is 1.50. The molecular weight excluding hydrogens is 219 g/mol. The molecule has 1 fully saturated rings. The van der Waals surface area contributed by atoms with E-state index in [0.717, 1.165) is 6.42 Å². The van der Waals surface area contributed by atoms with Gasteiger partial charge in [0.25, 0.3) is 5.88 Å².